The Balaban J connectivity index is 1.85. The highest BCUT2D eigenvalue weighted by Crippen LogP contribution is 2.38. The molecule has 0 unspecified atom stereocenters. The van der Waals surface area contributed by atoms with Crippen molar-refractivity contribution in [1.82, 2.24) is 4.98 Å². The highest BCUT2D eigenvalue weighted by Gasteiger charge is 2.27. The van der Waals surface area contributed by atoms with Crippen LogP contribution < -0.4 is 9.64 Å². The molecule has 0 saturated heterocycles. The number of hydrogen-bond donors (Lipinski definition) is 0. The van der Waals surface area contributed by atoms with Crippen molar-refractivity contribution in [3.8, 4) is 11.6 Å². The SMILES string of the molecule is Cc1ccc(F)cc1C(=O)N1Cc2cccnc2Oc2ccccc21. The number of halogens is 1. The van der Waals surface area contributed by atoms with Crippen molar-refractivity contribution in [1.29, 1.82) is 0 Å². The van der Waals surface area contributed by atoms with Crippen LogP contribution in [0.25, 0.3) is 0 Å². The lowest BCUT2D eigenvalue weighted by Gasteiger charge is -2.22. The van der Waals surface area contributed by atoms with Gasteiger partial charge in [0, 0.05) is 17.3 Å². The average Bonchev–Trinajstić information content (AvgIpc) is 2.79. The zero-order valence-electron chi connectivity index (χ0n) is 13.6. The molecule has 0 radical (unpaired) electrons. The fourth-order valence-electron chi connectivity index (χ4n) is 2.91. The summed E-state index contributed by atoms with van der Waals surface area (Å²) < 4.78 is 19.6. The molecular weight excluding hydrogens is 319 g/mol. The molecule has 0 atom stereocenters. The Morgan fingerprint density at radius 2 is 2.00 bits per heavy atom. The molecule has 0 fully saturated rings. The van der Waals surface area contributed by atoms with Crippen LogP contribution in [0.15, 0.2) is 60.8 Å². The minimum Gasteiger partial charge on any atom is -0.436 e. The Morgan fingerprint density at radius 1 is 1.16 bits per heavy atom. The third-order valence-electron chi connectivity index (χ3n) is 4.22. The number of para-hydroxylation sites is 2. The summed E-state index contributed by atoms with van der Waals surface area (Å²) in [6, 6.07) is 15.2. The number of aromatic nitrogens is 1. The van der Waals surface area contributed by atoms with Gasteiger partial charge >= 0.3 is 0 Å². The van der Waals surface area contributed by atoms with Crippen LogP contribution in [0.1, 0.15) is 21.5 Å². The smallest absolute Gasteiger partial charge is 0.259 e. The largest absolute Gasteiger partial charge is 0.436 e. The first-order chi connectivity index (χ1) is 12.1. The Kier molecular flexibility index (Phi) is 3.69. The Bertz CT molecular complexity index is 971. The molecule has 4 rings (SSSR count). The average molecular weight is 334 g/mol. The predicted octanol–water partition coefficient (Wildman–Crippen LogP) is 4.48. The van der Waals surface area contributed by atoms with Crippen molar-refractivity contribution < 1.29 is 13.9 Å². The summed E-state index contributed by atoms with van der Waals surface area (Å²) in [4.78, 5) is 19.0. The second-order valence-electron chi connectivity index (χ2n) is 5.89. The van der Waals surface area contributed by atoms with Crippen molar-refractivity contribution in [2.24, 2.45) is 0 Å². The summed E-state index contributed by atoms with van der Waals surface area (Å²) in [5, 5.41) is 0. The monoisotopic (exact) mass is 334 g/mol. The lowest BCUT2D eigenvalue weighted by Crippen LogP contribution is -2.30. The number of carbonyl (C=O) groups is 1. The van der Waals surface area contributed by atoms with E-state index in [1.807, 2.05) is 24.3 Å². The number of rotatable bonds is 1. The topological polar surface area (TPSA) is 42.4 Å². The molecule has 25 heavy (non-hydrogen) atoms. The van der Waals surface area contributed by atoms with Gasteiger partial charge in [0.05, 0.1) is 12.2 Å². The molecule has 1 aliphatic heterocycles. The zero-order valence-corrected chi connectivity index (χ0v) is 13.6. The molecule has 124 valence electrons. The van der Waals surface area contributed by atoms with E-state index in [0.717, 1.165) is 11.1 Å². The van der Waals surface area contributed by atoms with Gasteiger partial charge in [0.1, 0.15) is 5.82 Å². The number of hydrogen-bond acceptors (Lipinski definition) is 3. The van der Waals surface area contributed by atoms with E-state index in [0.29, 0.717) is 29.4 Å². The number of nitrogens with zero attached hydrogens (tertiary/aromatic N) is 2. The van der Waals surface area contributed by atoms with Crippen LogP contribution in [-0.4, -0.2) is 10.9 Å². The first kappa shape index (κ1) is 15.3. The maximum atomic E-state index is 13.7. The maximum Gasteiger partial charge on any atom is 0.259 e. The van der Waals surface area contributed by atoms with E-state index < -0.39 is 5.82 Å². The van der Waals surface area contributed by atoms with Gasteiger partial charge in [-0.3, -0.25) is 4.79 Å². The van der Waals surface area contributed by atoms with Gasteiger partial charge in [-0.05, 0) is 42.8 Å². The fraction of sp³-hybridized carbons (Fsp3) is 0.100. The van der Waals surface area contributed by atoms with Gasteiger partial charge in [0.15, 0.2) is 5.75 Å². The van der Waals surface area contributed by atoms with E-state index in [4.69, 9.17) is 4.74 Å². The first-order valence-corrected chi connectivity index (χ1v) is 7.92. The lowest BCUT2D eigenvalue weighted by molar-refractivity contribution is 0.0984. The number of anilines is 1. The quantitative estimate of drug-likeness (QED) is 0.659. The van der Waals surface area contributed by atoms with Crippen LogP contribution in [0.3, 0.4) is 0 Å². The van der Waals surface area contributed by atoms with Crippen LogP contribution in [0.2, 0.25) is 0 Å². The van der Waals surface area contributed by atoms with Crippen LogP contribution in [0.5, 0.6) is 11.6 Å². The summed E-state index contributed by atoms with van der Waals surface area (Å²) >= 11 is 0. The molecule has 3 aromatic rings. The summed E-state index contributed by atoms with van der Waals surface area (Å²) in [6.07, 6.45) is 1.65. The van der Waals surface area contributed by atoms with Crippen molar-refractivity contribution in [2.75, 3.05) is 4.90 Å². The van der Waals surface area contributed by atoms with Gasteiger partial charge in [-0.25, -0.2) is 9.37 Å². The highest BCUT2D eigenvalue weighted by molar-refractivity contribution is 6.07. The molecule has 2 aromatic carbocycles. The number of fused-ring (bicyclic) bond motifs is 2. The van der Waals surface area contributed by atoms with E-state index in [9.17, 15) is 9.18 Å². The van der Waals surface area contributed by atoms with E-state index in [1.165, 1.54) is 12.1 Å². The number of carbonyl (C=O) groups excluding carboxylic acids is 1. The molecular formula is C20H15FN2O2. The Morgan fingerprint density at radius 3 is 2.88 bits per heavy atom. The van der Waals surface area contributed by atoms with E-state index in [-0.39, 0.29) is 5.91 Å². The number of pyridine rings is 1. The first-order valence-electron chi connectivity index (χ1n) is 7.92. The normalized spacial score (nSPS) is 12.6. The van der Waals surface area contributed by atoms with Crippen molar-refractivity contribution >= 4 is 11.6 Å². The van der Waals surface area contributed by atoms with Gasteiger partial charge in [-0.2, -0.15) is 0 Å². The van der Waals surface area contributed by atoms with Crippen LogP contribution in [0, 0.1) is 12.7 Å². The molecule has 1 amide bonds. The van der Waals surface area contributed by atoms with Gasteiger partial charge in [-0.15, -0.1) is 0 Å². The van der Waals surface area contributed by atoms with Gasteiger partial charge in [0.2, 0.25) is 5.88 Å². The van der Waals surface area contributed by atoms with E-state index in [2.05, 4.69) is 4.98 Å². The molecule has 1 aromatic heterocycles. The summed E-state index contributed by atoms with van der Waals surface area (Å²) in [6.45, 7) is 2.09. The van der Waals surface area contributed by atoms with Gasteiger partial charge < -0.3 is 9.64 Å². The minimum absolute atomic E-state index is 0.273. The van der Waals surface area contributed by atoms with Crippen molar-refractivity contribution in [3.05, 3.63) is 83.3 Å². The Hall–Kier alpha value is -3.21. The summed E-state index contributed by atoms with van der Waals surface area (Å²) in [7, 11) is 0. The van der Waals surface area contributed by atoms with Gasteiger partial charge in [-0.1, -0.05) is 24.3 Å². The third-order valence-corrected chi connectivity index (χ3v) is 4.22. The standard InChI is InChI=1S/C20H15FN2O2/c1-13-8-9-15(21)11-16(13)20(24)23-12-14-5-4-10-22-19(14)25-18-7-3-2-6-17(18)23/h2-11H,12H2,1H3. The molecule has 4 nitrogen and oxygen atoms in total. The lowest BCUT2D eigenvalue weighted by atomic mass is 10.1. The highest BCUT2D eigenvalue weighted by atomic mass is 19.1. The zero-order chi connectivity index (χ0) is 17.4. The van der Waals surface area contributed by atoms with Crippen LogP contribution in [-0.2, 0) is 6.54 Å². The number of aryl methyl sites for hydroxylation is 1. The fourth-order valence-corrected chi connectivity index (χ4v) is 2.91. The molecule has 5 heteroatoms. The summed E-state index contributed by atoms with van der Waals surface area (Å²) in [5.41, 5.74) is 2.48. The molecule has 0 bridgehead atoms. The molecule has 0 spiro atoms. The van der Waals surface area contributed by atoms with Crippen LogP contribution >= 0.6 is 0 Å². The molecule has 0 aliphatic carbocycles. The Labute approximate surface area is 144 Å². The summed E-state index contributed by atoms with van der Waals surface area (Å²) in [5.74, 6) is 0.309. The van der Waals surface area contributed by atoms with Crippen molar-refractivity contribution in [3.63, 3.8) is 0 Å². The third kappa shape index (κ3) is 2.74. The predicted molar refractivity (Wildman–Crippen MR) is 92.4 cm³/mol. The van der Waals surface area contributed by atoms with E-state index in [1.54, 1.807) is 36.2 Å². The minimum atomic E-state index is -0.435. The van der Waals surface area contributed by atoms with Crippen molar-refractivity contribution in [2.45, 2.75) is 13.5 Å². The number of amides is 1. The molecule has 0 N–H and O–H groups in total. The molecule has 1 aliphatic rings. The molecule has 2 heterocycles. The second-order valence-corrected chi connectivity index (χ2v) is 5.89. The van der Waals surface area contributed by atoms with E-state index >= 15 is 0 Å². The maximum absolute atomic E-state index is 13.7. The number of benzene rings is 2. The second kappa shape index (κ2) is 6.02. The molecule has 0 saturated carbocycles. The van der Waals surface area contributed by atoms with Crippen LogP contribution in [0.4, 0.5) is 10.1 Å². The van der Waals surface area contributed by atoms with Gasteiger partial charge in [0.25, 0.3) is 5.91 Å². The number of ether oxygens (including phenoxy) is 1.